The minimum absolute atomic E-state index is 0. The maximum atomic E-state index is 13.6. The summed E-state index contributed by atoms with van der Waals surface area (Å²) < 4.78 is 15.3. The molecule has 1 aromatic carbocycles. The average Bonchev–Trinajstić information content (AvgIpc) is 2.64. The summed E-state index contributed by atoms with van der Waals surface area (Å²) in [6.45, 7) is 4.77. The molecule has 0 bridgehead atoms. The van der Waals surface area contributed by atoms with E-state index in [1.165, 1.54) is 6.07 Å². The van der Waals surface area contributed by atoms with Crippen molar-refractivity contribution >= 4 is 29.9 Å². The van der Waals surface area contributed by atoms with Crippen LogP contribution in [0.15, 0.2) is 58.4 Å². The van der Waals surface area contributed by atoms with E-state index in [4.69, 9.17) is 0 Å². The van der Waals surface area contributed by atoms with E-state index in [9.17, 15) is 9.18 Å². The van der Waals surface area contributed by atoms with E-state index < -0.39 is 0 Å². The molecular formula is C20H28FIN4O. The van der Waals surface area contributed by atoms with Crippen LogP contribution in [-0.4, -0.2) is 30.2 Å². The van der Waals surface area contributed by atoms with Gasteiger partial charge in [-0.3, -0.25) is 9.79 Å². The quantitative estimate of drug-likeness (QED) is 0.248. The van der Waals surface area contributed by atoms with E-state index in [2.05, 4.69) is 15.6 Å². The summed E-state index contributed by atoms with van der Waals surface area (Å²) >= 11 is 0. The second-order valence-corrected chi connectivity index (χ2v) is 5.97. The molecule has 0 aliphatic carbocycles. The zero-order valence-electron chi connectivity index (χ0n) is 15.7. The van der Waals surface area contributed by atoms with Crippen LogP contribution in [0.25, 0.3) is 0 Å². The van der Waals surface area contributed by atoms with E-state index in [1.54, 1.807) is 35.0 Å². The SMILES string of the molecule is CCNC(=NCCCCn1ccccc1=O)NCCc1ccccc1F.I. The molecule has 148 valence electrons. The molecule has 7 heteroatoms. The predicted molar refractivity (Wildman–Crippen MR) is 119 cm³/mol. The topological polar surface area (TPSA) is 58.4 Å². The summed E-state index contributed by atoms with van der Waals surface area (Å²) in [4.78, 5) is 16.2. The van der Waals surface area contributed by atoms with Gasteiger partial charge in [0.1, 0.15) is 5.82 Å². The van der Waals surface area contributed by atoms with Crippen LogP contribution >= 0.6 is 24.0 Å². The van der Waals surface area contributed by atoms with Crippen LogP contribution in [0.1, 0.15) is 25.3 Å². The summed E-state index contributed by atoms with van der Waals surface area (Å²) in [5, 5.41) is 6.42. The Hall–Kier alpha value is -1.90. The molecule has 1 heterocycles. The lowest BCUT2D eigenvalue weighted by atomic mass is 10.1. The average molecular weight is 486 g/mol. The number of hydrogen-bond donors (Lipinski definition) is 2. The van der Waals surface area contributed by atoms with E-state index >= 15 is 0 Å². The normalized spacial score (nSPS) is 11.0. The largest absolute Gasteiger partial charge is 0.357 e. The van der Waals surface area contributed by atoms with Gasteiger partial charge in [-0.2, -0.15) is 0 Å². The highest BCUT2D eigenvalue weighted by Gasteiger charge is 2.02. The summed E-state index contributed by atoms with van der Waals surface area (Å²) in [5.74, 6) is 0.563. The van der Waals surface area contributed by atoms with Gasteiger partial charge in [0, 0.05) is 38.4 Å². The zero-order chi connectivity index (χ0) is 18.6. The second-order valence-electron chi connectivity index (χ2n) is 5.97. The minimum atomic E-state index is -0.174. The number of unbranched alkanes of at least 4 members (excludes halogenated alkanes) is 1. The molecule has 0 unspecified atom stereocenters. The smallest absolute Gasteiger partial charge is 0.250 e. The highest BCUT2D eigenvalue weighted by Crippen LogP contribution is 2.06. The van der Waals surface area contributed by atoms with Crippen LogP contribution < -0.4 is 16.2 Å². The zero-order valence-corrected chi connectivity index (χ0v) is 18.0. The number of halogens is 2. The number of nitrogens with zero attached hydrogens (tertiary/aromatic N) is 2. The van der Waals surface area contributed by atoms with Crippen LogP contribution in [0.5, 0.6) is 0 Å². The van der Waals surface area contributed by atoms with Crippen molar-refractivity contribution in [2.45, 2.75) is 32.7 Å². The number of guanidine groups is 1. The molecule has 27 heavy (non-hydrogen) atoms. The van der Waals surface area contributed by atoms with Gasteiger partial charge < -0.3 is 15.2 Å². The number of nitrogens with one attached hydrogen (secondary N) is 2. The maximum Gasteiger partial charge on any atom is 0.250 e. The van der Waals surface area contributed by atoms with Crippen LogP contribution in [0.3, 0.4) is 0 Å². The van der Waals surface area contributed by atoms with Gasteiger partial charge in [0.25, 0.3) is 0 Å². The highest BCUT2D eigenvalue weighted by atomic mass is 127. The lowest BCUT2D eigenvalue weighted by Crippen LogP contribution is -2.38. The molecule has 0 fully saturated rings. The molecule has 2 aromatic rings. The Labute approximate surface area is 177 Å². The molecule has 0 aliphatic heterocycles. The van der Waals surface area contributed by atoms with Crippen molar-refractivity contribution < 1.29 is 4.39 Å². The fourth-order valence-electron chi connectivity index (χ4n) is 2.59. The maximum absolute atomic E-state index is 13.6. The first-order valence-electron chi connectivity index (χ1n) is 9.11. The Morgan fingerprint density at radius 1 is 1.11 bits per heavy atom. The monoisotopic (exact) mass is 486 g/mol. The Balaban J connectivity index is 0.00000364. The number of pyridine rings is 1. The Morgan fingerprint density at radius 2 is 1.89 bits per heavy atom. The summed E-state index contributed by atoms with van der Waals surface area (Å²) in [7, 11) is 0. The lowest BCUT2D eigenvalue weighted by Gasteiger charge is -2.11. The molecule has 0 spiro atoms. The molecule has 1 aromatic heterocycles. The van der Waals surface area contributed by atoms with E-state index in [-0.39, 0.29) is 35.4 Å². The number of benzene rings is 1. The Bertz CT molecular complexity index is 763. The van der Waals surface area contributed by atoms with Crippen molar-refractivity contribution in [3.8, 4) is 0 Å². The molecular weight excluding hydrogens is 458 g/mol. The van der Waals surface area contributed by atoms with Crippen molar-refractivity contribution in [2.24, 2.45) is 4.99 Å². The van der Waals surface area contributed by atoms with Gasteiger partial charge >= 0.3 is 0 Å². The summed E-state index contributed by atoms with van der Waals surface area (Å²) in [5.41, 5.74) is 0.725. The van der Waals surface area contributed by atoms with Crippen LogP contribution in [0.2, 0.25) is 0 Å². The Kier molecular flexibility index (Phi) is 11.4. The summed E-state index contributed by atoms with van der Waals surface area (Å²) in [6, 6.07) is 12.0. The minimum Gasteiger partial charge on any atom is -0.357 e. The van der Waals surface area contributed by atoms with Gasteiger partial charge in [0.05, 0.1) is 0 Å². The van der Waals surface area contributed by atoms with Gasteiger partial charge in [-0.25, -0.2) is 4.39 Å². The molecule has 2 rings (SSSR count). The molecule has 5 nitrogen and oxygen atoms in total. The standard InChI is InChI=1S/C20H27FN4O.HI/c1-2-22-20(24-14-12-17-9-3-4-10-18(17)21)23-13-6-8-16-25-15-7-5-11-19(25)26;/h3-5,7,9-11,15H,2,6,8,12-14,16H2,1H3,(H2,22,23,24);1H. The van der Waals surface area contributed by atoms with Gasteiger partial charge in [0.15, 0.2) is 5.96 Å². The molecule has 0 aliphatic rings. The third-order valence-electron chi connectivity index (χ3n) is 3.96. The van der Waals surface area contributed by atoms with Gasteiger partial charge in [-0.05, 0) is 43.9 Å². The van der Waals surface area contributed by atoms with Crippen molar-refractivity contribution in [1.29, 1.82) is 0 Å². The molecule has 0 atom stereocenters. The first-order valence-corrected chi connectivity index (χ1v) is 9.11. The lowest BCUT2D eigenvalue weighted by molar-refractivity contribution is 0.597. The molecule has 0 saturated carbocycles. The number of rotatable bonds is 9. The van der Waals surface area contributed by atoms with Crippen molar-refractivity contribution in [3.63, 3.8) is 0 Å². The first kappa shape index (κ1) is 23.1. The van der Waals surface area contributed by atoms with Crippen LogP contribution in [-0.2, 0) is 13.0 Å². The second kappa shape index (κ2) is 13.3. The van der Waals surface area contributed by atoms with Gasteiger partial charge in [-0.15, -0.1) is 24.0 Å². The predicted octanol–water partition coefficient (Wildman–Crippen LogP) is 3.18. The van der Waals surface area contributed by atoms with Crippen LogP contribution in [0.4, 0.5) is 4.39 Å². The third kappa shape index (κ3) is 8.55. The molecule has 0 radical (unpaired) electrons. The number of aromatic nitrogens is 1. The molecule has 0 amide bonds. The van der Waals surface area contributed by atoms with E-state index in [0.29, 0.717) is 31.6 Å². The van der Waals surface area contributed by atoms with Gasteiger partial charge in [0.2, 0.25) is 5.56 Å². The van der Waals surface area contributed by atoms with Crippen molar-refractivity contribution in [2.75, 3.05) is 19.6 Å². The fourth-order valence-corrected chi connectivity index (χ4v) is 2.59. The Morgan fingerprint density at radius 3 is 2.63 bits per heavy atom. The third-order valence-corrected chi connectivity index (χ3v) is 3.96. The first-order chi connectivity index (χ1) is 12.7. The number of aliphatic imine (C=N–C) groups is 1. The number of aryl methyl sites for hydroxylation is 1. The van der Waals surface area contributed by atoms with Crippen LogP contribution in [0, 0.1) is 5.82 Å². The molecule has 0 saturated heterocycles. The molecule has 2 N–H and O–H groups in total. The number of hydrogen-bond acceptors (Lipinski definition) is 2. The highest BCUT2D eigenvalue weighted by molar-refractivity contribution is 14.0. The van der Waals surface area contributed by atoms with E-state index in [0.717, 1.165) is 25.3 Å². The van der Waals surface area contributed by atoms with E-state index in [1.807, 2.05) is 19.1 Å². The van der Waals surface area contributed by atoms with Crippen molar-refractivity contribution in [1.82, 2.24) is 15.2 Å². The van der Waals surface area contributed by atoms with Crippen molar-refractivity contribution in [3.05, 3.63) is 70.4 Å². The van der Waals surface area contributed by atoms with Gasteiger partial charge in [-0.1, -0.05) is 24.3 Å². The summed E-state index contributed by atoms with van der Waals surface area (Å²) in [6.07, 6.45) is 4.20. The fraction of sp³-hybridized carbons (Fsp3) is 0.400.